The van der Waals surface area contributed by atoms with E-state index in [0.29, 0.717) is 31.8 Å². The minimum Gasteiger partial charge on any atom is -0.466 e. The second-order valence-corrected chi connectivity index (χ2v) is 3.60. The molecular weight excluding hydrogens is 222 g/mol. The molecule has 0 fully saturated rings. The zero-order chi connectivity index (χ0) is 12.7. The van der Waals surface area contributed by atoms with Gasteiger partial charge in [-0.3, -0.25) is 9.59 Å². The summed E-state index contributed by atoms with van der Waals surface area (Å²) in [6.07, 6.45) is 2.35. The summed E-state index contributed by atoms with van der Waals surface area (Å²) in [6.45, 7) is 4.38. The monoisotopic (exact) mass is 239 g/mol. The highest BCUT2D eigenvalue weighted by Crippen LogP contribution is 2.07. The predicted octanol–water partition coefficient (Wildman–Crippen LogP) is 1.66. The van der Waals surface area contributed by atoms with Crippen molar-refractivity contribution in [2.24, 2.45) is 0 Å². The third-order valence-electron chi connectivity index (χ3n) is 2.22. The lowest BCUT2D eigenvalue weighted by molar-refractivity contribution is -0.143. The maximum atomic E-state index is 11.6. The Morgan fingerprint density at radius 2 is 2.24 bits per heavy atom. The molecule has 0 bridgehead atoms. The Morgan fingerprint density at radius 1 is 1.47 bits per heavy atom. The molecule has 0 unspecified atom stereocenters. The van der Waals surface area contributed by atoms with E-state index in [2.05, 4.69) is 5.32 Å². The van der Waals surface area contributed by atoms with Crippen molar-refractivity contribution in [1.29, 1.82) is 0 Å². The van der Waals surface area contributed by atoms with E-state index in [0.717, 1.165) is 5.56 Å². The van der Waals surface area contributed by atoms with E-state index in [1.54, 1.807) is 19.9 Å². The fraction of sp³-hybridized carbons (Fsp3) is 0.500. The molecule has 0 saturated heterocycles. The number of carbonyl (C=O) groups is 2. The Balaban J connectivity index is 2.21. The average Bonchev–Trinajstić information content (AvgIpc) is 2.71. The molecule has 0 radical (unpaired) electrons. The van der Waals surface area contributed by atoms with Gasteiger partial charge in [-0.25, -0.2) is 0 Å². The number of aryl methyl sites for hydroxylation is 1. The van der Waals surface area contributed by atoms with Gasteiger partial charge >= 0.3 is 5.97 Å². The molecule has 0 aliphatic heterocycles. The van der Waals surface area contributed by atoms with Gasteiger partial charge in [-0.2, -0.15) is 0 Å². The lowest BCUT2D eigenvalue weighted by Gasteiger charge is -2.04. The molecule has 1 aromatic heterocycles. The molecule has 5 heteroatoms. The molecule has 0 saturated carbocycles. The van der Waals surface area contributed by atoms with E-state index in [1.807, 2.05) is 0 Å². The molecule has 5 nitrogen and oxygen atoms in total. The largest absolute Gasteiger partial charge is 0.466 e. The van der Waals surface area contributed by atoms with Crippen LogP contribution in [-0.2, 0) is 9.53 Å². The van der Waals surface area contributed by atoms with E-state index >= 15 is 0 Å². The molecule has 17 heavy (non-hydrogen) atoms. The van der Waals surface area contributed by atoms with Gasteiger partial charge in [0, 0.05) is 18.5 Å². The maximum absolute atomic E-state index is 11.6. The van der Waals surface area contributed by atoms with Crippen LogP contribution in [0.1, 0.15) is 35.9 Å². The van der Waals surface area contributed by atoms with Crippen molar-refractivity contribution in [3.63, 3.8) is 0 Å². The Hall–Kier alpha value is -1.78. The standard InChI is InChI=1S/C12H17NO4/c1-3-16-10(14)5-4-7-13-12(15)11-9(2)6-8-17-11/h6,8H,3-5,7H2,1-2H3,(H,13,15). The van der Waals surface area contributed by atoms with E-state index in [-0.39, 0.29) is 11.9 Å². The van der Waals surface area contributed by atoms with Crippen molar-refractivity contribution in [2.75, 3.05) is 13.2 Å². The van der Waals surface area contributed by atoms with Crippen molar-refractivity contribution in [1.82, 2.24) is 5.32 Å². The van der Waals surface area contributed by atoms with Crippen LogP contribution in [0.15, 0.2) is 16.7 Å². The summed E-state index contributed by atoms with van der Waals surface area (Å²) in [5.74, 6) is -0.173. The second kappa shape index (κ2) is 6.73. The predicted molar refractivity (Wildman–Crippen MR) is 61.6 cm³/mol. The normalized spacial score (nSPS) is 10.0. The van der Waals surface area contributed by atoms with Crippen molar-refractivity contribution in [2.45, 2.75) is 26.7 Å². The first-order valence-corrected chi connectivity index (χ1v) is 5.63. The van der Waals surface area contributed by atoms with Crippen LogP contribution in [0.25, 0.3) is 0 Å². The first kappa shape index (κ1) is 13.3. The molecule has 0 aliphatic rings. The highest BCUT2D eigenvalue weighted by molar-refractivity contribution is 5.92. The van der Waals surface area contributed by atoms with Crippen LogP contribution >= 0.6 is 0 Å². The van der Waals surface area contributed by atoms with Gasteiger partial charge in [0.1, 0.15) is 0 Å². The number of carbonyl (C=O) groups excluding carboxylic acids is 2. The lowest BCUT2D eigenvalue weighted by atomic mass is 10.2. The Labute approximate surface area is 100 Å². The second-order valence-electron chi connectivity index (χ2n) is 3.60. The Morgan fingerprint density at radius 3 is 2.82 bits per heavy atom. The van der Waals surface area contributed by atoms with Crippen LogP contribution in [0.2, 0.25) is 0 Å². The highest BCUT2D eigenvalue weighted by atomic mass is 16.5. The van der Waals surface area contributed by atoms with Crippen molar-refractivity contribution in [3.8, 4) is 0 Å². The average molecular weight is 239 g/mol. The zero-order valence-electron chi connectivity index (χ0n) is 10.1. The number of esters is 1. The van der Waals surface area contributed by atoms with Crippen molar-refractivity contribution in [3.05, 3.63) is 23.7 Å². The minimum atomic E-state index is -0.253. The fourth-order valence-corrected chi connectivity index (χ4v) is 1.35. The van der Waals surface area contributed by atoms with Crippen LogP contribution in [0, 0.1) is 6.92 Å². The number of rotatable bonds is 6. The number of furan rings is 1. The van der Waals surface area contributed by atoms with Gasteiger partial charge in [-0.1, -0.05) is 0 Å². The molecule has 0 atom stereocenters. The van der Waals surface area contributed by atoms with Gasteiger partial charge in [0.05, 0.1) is 12.9 Å². The summed E-state index contributed by atoms with van der Waals surface area (Å²) in [5, 5.41) is 2.68. The molecule has 1 N–H and O–H groups in total. The molecule has 0 spiro atoms. The Bertz CT molecular complexity index is 384. The number of ether oxygens (including phenoxy) is 1. The Kier molecular flexibility index (Phi) is 5.26. The minimum absolute atomic E-state index is 0.240. The van der Waals surface area contributed by atoms with Crippen LogP contribution in [-0.4, -0.2) is 25.0 Å². The summed E-state index contributed by atoms with van der Waals surface area (Å²) in [5.41, 5.74) is 0.799. The van der Waals surface area contributed by atoms with E-state index in [1.165, 1.54) is 6.26 Å². The van der Waals surface area contributed by atoms with Crippen molar-refractivity contribution >= 4 is 11.9 Å². The SMILES string of the molecule is CCOC(=O)CCCNC(=O)c1occc1C. The molecule has 0 aliphatic carbocycles. The van der Waals surface area contributed by atoms with Crippen LogP contribution in [0.4, 0.5) is 0 Å². The number of amides is 1. The summed E-state index contributed by atoms with van der Waals surface area (Å²) >= 11 is 0. The first-order valence-electron chi connectivity index (χ1n) is 5.63. The number of hydrogen-bond acceptors (Lipinski definition) is 4. The molecule has 94 valence electrons. The van der Waals surface area contributed by atoms with E-state index in [4.69, 9.17) is 9.15 Å². The maximum Gasteiger partial charge on any atom is 0.305 e. The van der Waals surface area contributed by atoms with Gasteiger partial charge in [-0.15, -0.1) is 0 Å². The zero-order valence-corrected chi connectivity index (χ0v) is 10.1. The smallest absolute Gasteiger partial charge is 0.305 e. The van der Waals surface area contributed by atoms with E-state index in [9.17, 15) is 9.59 Å². The van der Waals surface area contributed by atoms with Crippen LogP contribution in [0.5, 0.6) is 0 Å². The molecule has 1 heterocycles. The van der Waals surface area contributed by atoms with Gasteiger partial charge < -0.3 is 14.5 Å². The summed E-state index contributed by atoms with van der Waals surface area (Å²) < 4.78 is 9.81. The molecule has 1 amide bonds. The van der Waals surface area contributed by atoms with E-state index < -0.39 is 0 Å². The van der Waals surface area contributed by atoms with Gasteiger partial charge in [0.2, 0.25) is 0 Å². The highest BCUT2D eigenvalue weighted by Gasteiger charge is 2.11. The van der Waals surface area contributed by atoms with Crippen LogP contribution in [0.3, 0.4) is 0 Å². The third-order valence-corrected chi connectivity index (χ3v) is 2.22. The quantitative estimate of drug-likeness (QED) is 0.605. The topological polar surface area (TPSA) is 68.5 Å². The summed E-state index contributed by atoms with van der Waals surface area (Å²) in [6, 6.07) is 1.73. The fourth-order valence-electron chi connectivity index (χ4n) is 1.35. The van der Waals surface area contributed by atoms with Crippen LogP contribution < -0.4 is 5.32 Å². The molecular formula is C12H17NO4. The summed E-state index contributed by atoms with van der Waals surface area (Å²) in [4.78, 5) is 22.6. The molecule has 1 aromatic rings. The van der Waals surface area contributed by atoms with Crippen molar-refractivity contribution < 1.29 is 18.7 Å². The molecule has 1 rings (SSSR count). The first-order chi connectivity index (χ1) is 8.15. The summed E-state index contributed by atoms with van der Waals surface area (Å²) in [7, 11) is 0. The number of nitrogens with one attached hydrogen (secondary N) is 1. The third kappa shape index (κ3) is 4.30. The van der Waals surface area contributed by atoms with Gasteiger partial charge in [-0.05, 0) is 26.3 Å². The lowest BCUT2D eigenvalue weighted by Crippen LogP contribution is -2.25. The molecule has 0 aromatic carbocycles. The van der Waals surface area contributed by atoms with Gasteiger partial charge in [0.15, 0.2) is 5.76 Å². The number of hydrogen-bond donors (Lipinski definition) is 1. The van der Waals surface area contributed by atoms with Gasteiger partial charge in [0.25, 0.3) is 5.91 Å².